The summed E-state index contributed by atoms with van der Waals surface area (Å²) < 4.78 is 51.3. The number of rotatable bonds is 5. The first-order chi connectivity index (χ1) is 11.5. The van der Waals surface area contributed by atoms with Crippen LogP contribution >= 0.6 is 11.6 Å². The number of ether oxygens (including phenoxy) is 2. The third kappa shape index (κ3) is 3.50. The molecule has 0 N–H and O–H groups in total. The second-order valence-corrected chi connectivity index (χ2v) is 7.32. The lowest BCUT2D eigenvalue weighted by molar-refractivity contribution is -0.147. The van der Waals surface area contributed by atoms with E-state index in [4.69, 9.17) is 16.3 Å². The molecule has 0 unspecified atom stereocenters. The monoisotopic (exact) mass is 376 g/mol. The second-order valence-electron chi connectivity index (χ2n) is 6.94. The van der Waals surface area contributed by atoms with Crippen LogP contribution in [0.2, 0.25) is 5.02 Å². The van der Waals surface area contributed by atoms with Gasteiger partial charge in [0.25, 0.3) is 0 Å². The number of benzene rings is 1. The fraction of sp³-hybridized carbons (Fsp3) is 0.500. The molecule has 1 aliphatic rings. The molecular formula is C18H20ClF3O3. The summed E-state index contributed by atoms with van der Waals surface area (Å²) in [4.78, 5) is 12.3. The highest BCUT2D eigenvalue weighted by Crippen LogP contribution is 2.59. The van der Waals surface area contributed by atoms with Crippen LogP contribution in [-0.4, -0.2) is 13.1 Å². The van der Waals surface area contributed by atoms with Gasteiger partial charge in [-0.25, -0.2) is 8.78 Å². The molecule has 0 radical (unpaired) electrons. The summed E-state index contributed by atoms with van der Waals surface area (Å²) in [5.74, 6) is -5.99. The van der Waals surface area contributed by atoms with Gasteiger partial charge in [0.05, 0.1) is 23.6 Å². The highest BCUT2D eigenvalue weighted by Gasteiger charge is 2.61. The van der Waals surface area contributed by atoms with Gasteiger partial charge in [-0.2, -0.15) is 4.39 Å². The average Bonchev–Trinajstić information content (AvgIpc) is 3.05. The molecule has 2 atom stereocenters. The first-order valence-corrected chi connectivity index (χ1v) is 8.12. The summed E-state index contributed by atoms with van der Waals surface area (Å²) in [5.41, 5.74) is 0.234. The van der Waals surface area contributed by atoms with Crippen molar-refractivity contribution in [2.24, 2.45) is 17.3 Å². The zero-order valence-electron chi connectivity index (χ0n) is 14.7. The van der Waals surface area contributed by atoms with Crippen molar-refractivity contribution in [1.29, 1.82) is 0 Å². The molecule has 2 rings (SSSR count). The largest absolute Gasteiger partial charge is 0.491 e. The maximum Gasteiger partial charge on any atom is 0.310 e. The van der Waals surface area contributed by atoms with E-state index in [2.05, 4.69) is 4.74 Å². The molecule has 0 spiro atoms. The van der Waals surface area contributed by atoms with E-state index in [9.17, 15) is 18.0 Å². The van der Waals surface area contributed by atoms with E-state index in [1.54, 1.807) is 0 Å². The van der Waals surface area contributed by atoms with Gasteiger partial charge in [0.15, 0.2) is 17.4 Å². The van der Waals surface area contributed by atoms with Crippen molar-refractivity contribution in [2.75, 3.05) is 7.11 Å². The molecule has 138 valence electrons. The van der Waals surface area contributed by atoms with Crippen LogP contribution in [0.25, 0.3) is 0 Å². The van der Waals surface area contributed by atoms with E-state index in [-0.39, 0.29) is 11.3 Å². The van der Waals surface area contributed by atoms with Crippen molar-refractivity contribution in [3.05, 3.63) is 39.7 Å². The van der Waals surface area contributed by atoms with E-state index >= 15 is 0 Å². The van der Waals surface area contributed by atoms with Gasteiger partial charge in [0.2, 0.25) is 5.82 Å². The third-order valence-electron chi connectivity index (χ3n) is 4.55. The summed E-state index contributed by atoms with van der Waals surface area (Å²) >= 11 is 5.72. The Morgan fingerprint density at radius 1 is 1.20 bits per heavy atom. The topological polar surface area (TPSA) is 35.5 Å². The van der Waals surface area contributed by atoms with Crippen LogP contribution in [0.3, 0.4) is 0 Å². The summed E-state index contributed by atoms with van der Waals surface area (Å²) in [6.45, 7) is 7.03. The molecule has 0 aromatic heterocycles. The molecule has 0 bridgehead atoms. The van der Waals surface area contributed by atoms with Crippen molar-refractivity contribution in [3.63, 3.8) is 0 Å². The summed E-state index contributed by atoms with van der Waals surface area (Å²) in [5, 5.41) is -0.667. The molecule has 0 aliphatic heterocycles. The van der Waals surface area contributed by atoms with Gasteiger partial charge in [0, 0.05) is 0 Å². The van der Waals surface area contributed by atoms with Crippen LogP contribution in [0.1, 0.15) is 33.3 Å². The Labute approximate surface area is 149 Å². The van der Waals surface area contributed by atoms with Crippen molar-refractivity contribution >= 4 is 17.6 Å². The van der Waals surface area contributed by atoms with Crippen molar-refractivity contribution in [2.45, 2.75) is 34.3 Å². The lowest BCUT2D eigenvalue weighted by Gasteiger charge is -2.12. The maximum absolute atomic E-state index is 14.1. The third-order valence-corrected chi connectivity index (χ3v) is 4.95. The molecule has 1 aliphatic carbocycles. The minimum Gasteiger partial charge on any atom is -0.491 e. The van der Waals surface area contributed by atoms with Crippen LogP contribution in [0.4, 0.5) is 13.2 Å². The normalized spacial score (nSPS) is 20.8. The fourth-order valence-electron chi connectivity index (χ4n) is 2.99. The number of hydrogen-bond acceptors (Lipinski definition) is 3. The van der Waals surface area contributed by atoms with Gasteiger partial charge in [-0.05, 0) is 25.2 Å². The van der Waals surface area contributed by atoms with E-state index in [0.29, 0.717) is 0 Å². The predicted octanol–water partition coefficient (Wildman–Crippen LogP) is 5.05. The van der Waals surface area contributed by atoms with Crippen LogP contribution in [0.15, 0.2) is 11.6 Å². The van der Waals surface area contributed by atoms with Crippen LogP contribution < -0.4 is 4.74 Å². The summed E-state index contributed by atoms with van der Waals surface area (Å²) in [6.07, 6.45) is 1.98. The quantitative estimate of drug-likeness (QED) is 0.410. The summed E-state index contributed by atoms with van der Waals surface area (Å²) in [6, 6.07) is 0. The Morgan fingerprint density at radius 2 is 1.80 bits per heavy atom. The van der Waals surface area contributed by atoms with Gasteiger partial charge in [0.1, 0.15) is 6.61 Å². The lowest BCUT2D eigenvalue weighted by Crippen LogP contribution is -2.13. The Bertz CT molecular complexity index is 711. The zero-order chi connectivity index (χ0) is 19.1. The minimum absolute atomic E-state index is 0.00894. The molecule has 25 heavy (non-hydrogen) atoms. The van der Waals surface area contributed by atoms with E-state index < -0.39 is 52.3 Å². The number of carbonyl (C=O) groups is 1. The number of esters is 1. The highest BCUT2D eigenvalue weighted by molar-refractivity contribution is 6.31. The molecule has 1 aromatic rings. The first kappa shape index (κ1) is 19.6. The fourth-order valence-corrected chi connectivity index (χ4v) is 3.22. The van der Waals surface area contributed by atoms with Gasteiger partial charge in [-0.15, -0.1) is 0 Å². The van der Waals surface area contributed by atoms with E-state index in [0.717, 1.165) is 12.7 Å². The molecule has 0 amide bonds. The Balaban J connectivity index is 2.18. The van der Waals surface area contributed by atoms with Crippen LogP contribution in [0.5, 0.6) is 5.75 Å². The van der Waals surface area contributed by atoms with E-state index in [1.165, 1.54) is 0 Å². The van der Waals surface area contributed by atoms with E-state index in [1.807, 2.05) is 33.8 Å². The van der Waals surface area contributed by atoms with Gasteiger partial charge in [-0.1, -0.05) is 37.1 Å². The van der Waals surface area contributed by atoms with Crippen molar-refractivity contribution in [1.82, 2.24) is 0 Å². The van der Waals surface area contributed by atoms with Crippen LogP contribution in [0, 0.1) is 34.7 Å². The molecule has 1 aromatic carbocycles. The smallest absolute Gasteiger partial charge is 0.310 e. The number of carbonyl (C=O) groups excluding carboxylic acids is 1. The molecule has 0 saturated heterocycles. The molecule has 1 fully saturated rings. The average molecular weight is 377 g/mol. The van der Waals surface area contributed by atoms with Gasteiger partial charge < -0.3 is 9.47 Å². The minimum atomic E-state index is -1.51. The summed E-state index contributed by atoms with van der Waals surface area (Å²) in [7, 11) is 0.996. The second kappa shape index (κ2) is 6.90. The SMILES string of the molecule is COc1c(F)c(F)c(COC(=O)[C@@H]2[C@@H](C=C(C)C)C2(C)C)c(Cl)c1F. The number of methoxy groups -OCH3 is 1. The van der Waals surface area contributed by atoms with Crippen molar-refractivity contribution in [3.8, 4) is 5.75 Å². The molecule has 1 saturated carbocycles. The molecule has 0 heterocycles. The Kier molecular flexibility index (Phi) is 5.42. The predicted molar refractivity (Wildman–Crippen MR) is 87.9 cm³/mol. The molecule has 7 heteroatoms. The maximum atomic E-state index is 14.1. The Morgan fingerprint density at radius 3 is 2.32 bits per heavy atom. The molecule has 3 nitrogen and oxygen atoms in total. The number of allylic oxidation sites excluding steroid dienone is 2. The van der Waals surface area contributed by atoms with Crippen molar-refractivity contribution < 1.29 is 27.4 Å². The number of halogens is 4. The zero-order valence-corrected chi connectivity index (χ0v) is 15.4. The van der Waals surface area contributed by atoms with Gasteiger partial charge >= 0.3 is 5.97 Å². The lowest BCUT2D eigenvalue weighted by atomic mass is 10.1. The number of hydrogen-bond donors (Lipinski definition) is 0. The molecular weight excluding hydrogens is 357 g/mol. The standard InChI is InChI=1S/C18H20ClF3O3/c1-8(2)6-10-11(18(10,3)4)17(23)25-7-9-12(19)14(21)16(24-5)15(22)13(9)20/h6,10-11H,7H2,1-5H3/t10-,11+/m1/s1. The highest BCUT2D eigenvalue weighted by atomic mass is 35.5. The first-order valence-electron chi connectivity index (χ1n) is 7.74. The Hall–Kier alpha value is -1.69. The van der Waals surface area contributed by atoms with Gasteiger partial charge in [-0.3, -0.25) is 4.79 Å². The van der Waals surface area contributed by atoms with Crippen LogP contribution in [-0.2, 0) is 16.1 Å².